The average molecular weight is 352 g/mol. The molecule has 6 heteroatoms. The molecule has 1 fully saturated rings. The summed E-state index contributed by atoms with van der Waals surface area (Å²) in [5.41, 5.74) is 8.89. The van der Waals surface area contributed by atoms with E-state index in [1.807, 2.05) is 19.1 Å². The molecule has 3 rings (SSSR count). The molecule has 1 aromatic rings. The molecule has 0 spiro atoms. The molecule has 24 heavy (non-hydrogen) atoms. The van der Waals surface area contributed by atoms with E-state index in [1.54, 1.807) is 0 Å². The molecule has 1 heterocycles. The van der Waals surface area contributed by atoms with Crippen molar-refractivity contribution in [2.24, 2.45) is 17.6 Å². The zero-order valence-corrected chi connectivity index (χ0v) is 14.8. The number of aryl methyl sites for hydroxylation is 1. The van der Waals surface area contributed by atoms with E-state index in [1.165, 1.54) is 0 Å². The first-order chi connectivity index (χ1) is 11.1. The second-order valence-electron chi connectivity index (χ2n) is 6.73. The van der Waals surface area contributed by atoms with Gasteiger partial charge in [0.25, 0.3) is 0 Å². The monoisotopic (exact) mass is 351 g/mol. The minimum Gasteiger partial charge on any atom is -0.349 e. The van der Waals surface area contributed by atoms with Crippen LogP contribution in [0.25, 0.3) is 0 Å². The standard InChI is InChI=1S/C18H25N3O2.ClH/c1-11(20-18(23)15-4-2-3-14(15)10-19)12-5-7-16-13(9-12)6-8-17(22)21-16;/h5,7,9,11,14-15H,2-4,6,8,10,19H2,1H3,(H,20,23)(H,21,22);1H/t11?,14-,15-;/m1./s1. The molecule has 3 atom stereocenters. The van der Waals surface area contributed by atoms with E-state index >= 15 is 0 Å². The van der Waals surface area contributed by atoms with Gasteiger partial charge in [-0.15, -0.1) is 12.4 Å². The van der Waals surface area contributed by atoms with Gasteiger partial charge in [0.2, 0.25) is 11.8 Å². The molecule has 0 bridgehead atoms. The lowest BCUT2D eigenvalue weighted by atomic mass is 9.94. The van der Waals surface area contributed by atoms with Crippen molar-refractivity contribution in [3.05, 3.63) is 29.3 Å². The number of halogens is 1. The number of fused-ring (bicyclic) bond motifs is 1. The Balaban J connectivity index is 0.00000208. The Morgan fingerprint density at radius 1 is 1.38 bits per heavy atom. The number of hydrogen-bond donors (Lipinski definition) is 3. The molecule has 2 aliphatic rings. The van der Waals surface area contributed by atoms with Crippen LogP contribution < -0.4 is 16.4 Å². The summed E-state index contributed by atoms with van der Waals surface area (Å²) >= 11 is 0. The second-order valence-corrected chi connectivity index (χ2v) is 6.73. The minimum atomic E-state index is -0.0375. The minimum absolute atomic E-state index is 0. The van der Waals surface area contributed by atoms with Crippen LogP contribution in [0.2, 0.25) is 0 Å². The molecule has 0 aromatic heterocycles. The van der Waals surface area contributed by atoms with Crippen molar-refractivity contribution in [1.29, 1.82) is 0 Å². The number of anilines is 1. The van der Waals surface area contributed by atoms with Crippen LogP contribution in [0, 0.1) is 11.8 Å². The van der Waals surface area contributed by atoms with Gasteiger partial charge in [-0.25, -0.2) is 0 Å². The average Bonchev–Trinajstić information content (AvgIpc) is 3.03. The van der Waals surface area contributed by atoms with E-state index in [9.17, 15) is 9.59 Å². The van der Waals surface area contributed by atoms with Gasteiger partial charge in [-0.2, -0.15) is 0 Å². The summed E-state index contributed by atoms with van der Waals surface area (Å²) in [4.78, 5) is 23.9. The highest BCUT2D eigenvalue weighted by Gasteiger charge is 2.32. The van der Waals surface area contributed by atoms with E-state index in [4.69, 9.17) is 5.73 Å². The van der Waals surface area contributed by atoms with Crippen LogP contribution in [0.1, 0.15) is 49.8 Å². The highest BCUT2D eigenvalue weighted by molar-refractivity contribution is 5.93. The maximum atomic E-state index is 12.5. The van der Waals surface area contributed by atoms with Gasteiger partial charge >= 0.3 is 0 Å². The van der Waals surface area contributed by atoms with Gasteiger partial charge in [-0.3, -0.25) is 9.59 Å². The number of carbonyl (C=O) groups excluding carboxylic acids is 2. The summed E-state index contributed by atoms with van der Waals surface area (Å²) in [5.74, 6) is 0.567. The molecule has 1 aromatic carbocycles. The van der Waals surface area contributed by atoms with Crippen LogP contribution in [-0.2, 0) is 16.0 Å². The molecule has 0 radical (unpaired) electrons. The first-order valence-electron chi connectivity index (χ1n) is 8.51. The van der Waals surface area contributed by atoms with Crippen LogP contribution in [0.15, 0.2) is 18.2 Å². The Morgan fingerprint density at radius 3 is 2.92 bits per heavy atom. The summed E-state index contributed by atoms with van der Waals surface area (Å²) in [5, 5.41) is 6.02. The van der Waals surface area contributed by atoms with Gasteiger partial charge in [0, 0.05) is 18.0 Å². The molecular formula is C18H26ClN3O2. The maximum Gasteiger partial charge on any atom is 0.224 e. The molecule has 1 aliphatic heterocycles. The van der Waals surface area contributed by atoms with Gasteiger partial charge in [0.1, 0.15) is 0 Å². The number of amides is 2. The van der Waals surface area contributed by atoms with Crippen LogP contribution in [0.5, 0.6) is 0 Å². The molecule has 0 saturated heterocycles. The number of benzene rings is 1. The van der Waals surface area contributed by atoms with Crippen molar-refractivity contribution in [2.45, 2.75) is 45.1 Å². The fraction of sp³-hybridized carbons (Fsp3) is 0.556. The summed E-state index contributed by atoms with van der Waals surface area (Å²) in [6.07, 6.45) is 4.37. The van der Waals surface area contributed by atoms with Crippen molar-refractivity contribution >= 4 is 29.9 Å². The van der Waals surface area contributed by atoms with E-state index in [0.717, 1.165) is 42.5 Å². The molecule has 132 valence electrons. The number of nitrogens with one attached hydrogen (secondary N) is 2. The quantitative estimate of drug-likeness (QED) is 0.779. The van der Waals surface area contributed by atoms with Gasteiger partial charge < -0.3 is 16.4 Å². The predicted molar refractivity (Wildman–Crippen MR) is 97.1 cm³/mol. The van der Waals surface area contributed by atoms with Gasteiger partial charge in [-0.05, 0) is 55.8 Å². The molecule has 5 nitrogen and oxygen atoms in total. The number of hydrogen-bond acceptors (Lipinski definition) is 3. The highest BCUT2D eigenvalue weighted by Crippen LogP contribution is 2.32. The van der Waals surface area contributed by atoms with Gasteiger partial charge in [-0.1, -0.05) is 18.6 Å². The molecule has 2 amide bonds. The lowest BCUT2D eigenvalue weighted by Crippen LogP contribution is -2.36. The van der Waals surface area contributed by atoms with Gasteiger partial charge in [0.15, 0.2) is 0 Å². The summed E-state index contributed by atoms with van der Waals surface area (Å²) in [6, 6.07) is 5.96. The van der Waals surface area contributed by atoms with Crippen molar-refractivity contribution in [3.63, 3.8) is 0 Å². The lowest BCUT2D eigenvalue weighted by molar-refractivity contribution is -0.126. The SMILES string of the molecule is CC(NC(=O)[C@@H]1CCC[C@@H]1CN)c1ccc2c(c1)CCC(=O)N2.Cl. The van der Waals surface area contributed by atoms with E-state index in [0.29, 0.717) is 18.9 Å². The third kappa shape index (κ3) is 3.90. The zero-order valence-electron chi connectivity index (χ0n) is 14.0. The Morgan fingerprint density at radius 2 is 2.17 bits per heavy atom. The fourth-order valence-electron chi connectivity index (χ4n) is 3.74. The third-order valence-electron chi connectivity index (χ3n) is 5.18. The van der Waals surface area contributed by atoms with Crippen LogP contribution in [0.3, 0.4) is 0 Å². The van der Waals surface area contributed by atoms with Crippen molar-refractivity contribution in [2.75, 3.05) is 11.9 Å². The Hall–Kier alpha value is -1.59. The third-order valence-corrected chi connectivity index (χ3v) is 5.18. The van der Waals surface area contributed by atoms with E-state index < -0.39 is 0 Å². The second kappa shape index (κ2) is 7.99. The van der Waals surface area contributed by atoms with Gasteiger partial charge in [0.05, 0.1) is 6.04 Å². The smallest absolute Gasteiger partial charge is 0.224 e. The van der Waals surface area contributed by atoms with Crippen LogP contribution in [-0.4, -0.2) is 18.4 Å². The maximum absolute atomic E-state index is 12.5. The Labute approximate surface area is 149 Å². The molecule has 1 aliphatic carbocycles. The van der Waals surface area contributed by atoms with E-state index in [-0.39, 0.29) is 36.2 Å². The molecular weight excluding hydrogens is 326 g/mol. The summed E-state index contributed by atoms with van der Waals surface area (Å²) in [7, 11) is 0. The highest BCUT2D eigenvalue weighted by atomic mass is 35.5. The van der Waals surface area contributed by atoms with Crippen molar-refractivity contribution in [1.82, 2.24) is 5.32 Å². The number of nitrogens with two attached hydrogens (primary N) is 1. The largest absolute Gasteiger partial charge is 0.349 e. The van der Waals surface area contributed by atoms with Crippen molar-refractivity contribution in [3.8, 4) is 0 Å². The molecule has 1 saturated carbocycles. The van der Waals surface area contributed by atoms with E-state index in [2.05, 4.69) is 16.7 Å². The van der Waals surface area contributed by atoms with Crippen molar-refractivity contribution < 1.29 is 9.59 Å². The summed E-state index contributed by atoms with van der Waals surface area (Å²) in [6.45, 7) is 2.60. The van der Waals surface area contributed by atoms with Crippen LogP contribution in [0.4, 0.5) is 5.69 Å². The molecule has 1 unspecified atom stereocenters. The van der Waals surface area contributed by atoms with Crippen LogP contribution >= 0.6 is 12.4 Å². The Bertz CT molecular complexity index is 620. The fourth-order valence-corrected chi connectivity index (χ4v) is 3.74. The molecule has 4 N–H and O–H groups in total. The first kappa shape index (κ1) is 18.7. The first-order valence-corrected chi connectivity index (χ1v) is 8.51. The zero-order chi connectivity index (χ0) is 16.4. The Kier molecular flexibility index (Phi) is 6.24. The normalized spacial score (nSPS) is 23.7. The topological polar surface area (TPSA) is 84.2 Å². The predicted octanol–water partition coefficient (Wildman–Crippen LogP) is 2.55. The summed E-state index contributed by atoms with van der Waals surface area (Å²) < 4.78 is 0. The lowest BCUT2D eigenvalue weighted by Gasteiger charge is -2.23. The number of rotatable bonds is 4. The number of carbonyl (C=O) groups is 2.